The van der Waals surface area contributed by atoms with Crippen LogP contribution in [0.25, 0.3) is 0 Å². The molecule has 0 spiro atoms. The van der Waals surface area contributed by atoms with E-state index in [1.54, 1.807) is 13.1 Å². The van der Waals surface area contributed by atoms with E-state index in [0.29, 0.717) is 12.1 Å². The Labute approximate surface area is 60.4 Å². The van der Waals surface area contributed by atoms with Gasteiger partial charge in [-0.3, -0.25) is 4.98 Å². The molecule has 1 heterocycles. The number of aromatic nitrogens is 1. The molecule has 1 rings (SSSR count). The topological polar surface area (TPSA) is 36.7 Å². The fourth-order valence-electron chi connectivity index (χ4n) is 0.774. The number of hydrogen-bond donors (Lipinski definition) is 1. The predicted octanol–water partition coefficient (Wildman–Crippen LogP) is 1.66. The first kappa shape index (κ1) is 6.93. The van der Waals surface area contributed by atoms with Crippen LogP contribution in [0.5, 0.6) is 0 Å². The second-order valence-corrected chi connectivity index (χ2v) is 2.28. The number of nitrogens with zero attached hydrogens (tertiary/aromatic N) is 1. The summed E-state index contributed by atoms with van der Waals surface area (Å²) in [5, 5.41) is 7.19. The number of nitrogens with one attached hydrogen (secondary N) is 1. The van der Waals surface area contributed by atoms with Crippen LogP contribution in [-0.2, 0) is 6.42 Å². The summed E-state index contributed by atoms with van der Waals surface area (Å²) in [6.45, 7) is 1.79. The lowest BCUT2D eigenvalue weighted by Crippen LogP contribution is -1.96. The first-order valence-electron chi connectivity index (χ1n) is 3.23. The van der Waals surface area contributed by atoms with Gasteiger partial charge in [0.15, 0.2) is 0 Å². The van der Waals surface area contributed by atoms with Gasteiger partial charge in [0.2, 0.25) is 0 Å². The quantitative estimate of drug-likeness (QED) is 0.613. The van der Waals surface area contributed by atoms with E-state index < -0.39 is 0 Å². The van der Waals surface area contributed by atoms with Gasteiger partial charge in [-0.05, 0) is 19.1 Å². The fourth-order valence-corrected chi connectivity index (χ4v) is 0.774. The van der Waals surface area contributed by atoms with E-state index in [1.807, 2.05) is 18.2 Å². The molecule has 0 radical (unpaired) electrons. The lowest BCUT2D eigenvalue weighted by atomic mass is 10.2. The fraction of sp³-hybridized carbons (Fsp3) is 0.250. The maximum atomic E-state index is 7.19. The first-order chi connectivity index (χ1) is 4.79. The van der Waals surface area contributed by atoms with Gasteiger partial charge in [0.05, 0.1) is 0 Å². The zero-order valence-corrected chi connectivity index (χ0v) is 5.96. The lowest BCUT2D eigenvalue weighted by Gasteiger charge is -1.94. The SMILES string of the molecule is CC(=N)Cc1ccccn1. The molecule has 0 aliphatic heterocycles. The summed E-state index contributed by atoms with van der Waals surface area (Å²) >= 11 is 0. The molecule has 0 bridgehead atoms. The van der Waals surface area contributed by atoms with E-state index in [-0.39, 0.29) is 0 Å². The van der Waals surface area contributed by atoms with Crippen molar-refractivity contribution in [1.29, 1.82) is 5.41 Å². The van der Waals surface area contributed by atoms with Gasteiger partial charge < -0.3 is 5.41 Å². The van der Waals surface area contributed by atoms with Crippen molar-refractivity contribution >= 4 is 5.71 Å². The van der Waals surface area contributed by atoms with Gasteiger partial charge in [-0.2, -0.15) is 0 Å². The van der Waals surface area contributed by atoms with Crippen molar-refractivity contribution in [3.63, 3.8) is 0 Å². The minimum absolute atomic E-state index is 0.652. The van der Waals surface area contributed by atoms with Crippen molar-refractivity contribution in [2.75, 3.05) is 0 Å². The highest BCUT2D eigenvalue weighted by Gasteiger charge is 1.91. The molecule has 10 heavy (non-hydrogen) atoms. The molecule has 0 aliphatic carbocycles. The van der Waals surface area contributed by atoms with Crippen LogP contribution < -0.4 is 0 Å². The molecule has 0 aromatic carbocycles. The monoisotopic (exact) mass is 134 g/mol. The van der Waals surface area contributed by atoms with Gasteiger partial charge in [0.25, 0.3) is 0 Å². The standard InChI is InChI=1S/C8H10N2/c1-7(9)6-8-4-2-3-5-10-8/h2-5,9H,6H2,1H3. The highest BCUT2D eigenvalue weighted by molar-refractivity contribution is 5.80. The van der Waals surface area contributed by atoms with E-state index in [2.05, 4.69) is 4.98 Å². The molecule has 0 atom stereocenters. The van der Waals surface area contributed by atoms with Gasteiger partial charge in [0.1, 0.15) is 0 Å². The molecular formula is C8H10N2. The summed E-state index contributed by atoms with van der Waals surface area (Å²) in [6, 6.07) is 5.74. The molecule has 2 nitrogen and oxygen atoms in total. The van der Waals surface area contributed by atoms with Crippen LogP contribution in [0.4, 0.5) is 0 Å². The Kier molecular flexibility index (Phi) is 2.15. The molecule has 0 aliphatic rings. The summed E-state index contributed by atoms with van der Waals surface area (Å²) in [6.07, 6.45) is 2.42. The molecule has 0 fully saturated rings. The zero-order valence-electron chi connectivity index (χ0n) is 5.96. The van der Waals surface area contributed by atoms with Crippen LogP contribution in [0.1, 0.15) is 12.6 Å². The number of hydrogen-bond acceptors (Lipinski definition) is 2. The summed E-state index contributed by atoms with van der Waals surface area (Å²) in [5.41, 5.74) is 1.62. The van der Waals surface area contributed by atoms with Gasteiger partial charge in [-0.15, -0.1) is 0 Å². The van der Waals surface area contributed by atoms with Gasteiger partial charge in [0, 0.05) is 24.0 Å². The van der Waals surface area contributed by atoms with Crippen LogP contribution >= 0.6 is 0 Å². The van der Waals surface area contributed by atoms with E-state index >= 15 is 0 Å². The van der Waals surface area contributed by atoms with Crippen molar-refractivity contribution < 1.29 is 0 Å². The van der Waals surface area contributed by atoms with Crippen LogP contribution in [0.15, 0.2) is 24.4 Å². The van der Waals surface area contributed by atoms with Crippen LogP contribution in [0.3, 0.4) is 0 Å². The number of rotatable bonds is 2. The maximum absolute atomic E-state index is 7.19. The molecule has 0 saturated carbocycles. The van der Waals surface area contributed by atoms with Gasteiger partial charge in [-0.1, -0.05) is 6.07 Å². The smallest absolute Gasteiger partial charge is 0.0459 e. The molecule has 0 saturated heterocycles. The van der Waals surface area contributed by atoms with E-state index in [0.717, 1.165) is 5.69 Å². The molecule has 2 heteroatoms. The summed E-state index contributed by atoms with van der Waals surface area (Å²) in [7, 11) is 0. The van der Waals surface area contributed by atoms with Crippen LogP contribution in [-0.4, -0.2) is 10.7 Å². The van der Waals surface area contributed by atoms with Crippen molar-refractivity contribution in [1.82, 2.24) is 4.98 Å². The normalized spacial score (nSPS) is 9.30. The summed E-state index contributed by atoms with van der Waals surface area (Å²) in [5.74, 6) is 0. The summed E-state index contributed by atoms with van der Waals surface area (Å²) in [4.78, 5) is 4.08. The Morgan fingerprint density at radius 2 is 2.40 bits per heavy atom. The Morgan fingerprint density at radius 3 is 2.90 bits per heavy atom. The first-order valence-corrected chi connectivity index (χ1v) is 3.23. The largest absolute Gasteiger partial charge is 0.310 e. The predicted molar refractivity (Wildman–Crippen MR) is 41.3 cm³/mol. The van der Waals surface area contributed by atoms with Crippen LogP contribution in [0, 0.1) is 5.41 Å². The van der Waals surface area contributed by atoms with Crippen molar-refractivity contribution in [2.24, 2.45) is 0 Å². The lowest BCUT2D eigenvalue weighted by molar-refractivity contribution is 1.12. The van der Waals surface area contributed by atoms with Gasteiger partial charge in [-0.25, -0.2) is 0 Å². The molecule has 1 N–H and O–H groups in total. The Bertz CT molecular complexity index is 216. The Morgan fingerprint density at radius 1 is 1.60 bits per heavy atom. The third-order valence-corrected chi connectivity index (χ3v) is 1.17. The van der Waals surface area contributed by atoms with Gasteiger partial charge >= 0.3 is 0 Å². The van der Waals surface area contributed by atoms with E-state index in [1.165, 1.54) is 0 Å². The molecule has 52 valence electrons. The highest BCUT2D eigenvalue weighted by Crippen LogP contribution is 1.94. The molecule has 1 aromatic heterocycles. The van der Waals surface area contributed by atoms with Crippen molar-refractivity contribution in [3.8, 4) is 0 Å². The third kappa shape index (κ3) is 1.97. The maximum Gasteiger partial charge on any atom is 0.0459 e. The zero-order chi connectivity index (χ0) is 7.40. The van der Waals surface area contributed by atoms with E-state index in [4.69, 9.17) is 5.41 Å². The molecule has 0 unspecified atom stereocenters. The second-order valence-electron chi connectivity index (χ2n) is 2.28. The molecular weight excluding hydrogens is 124 g/mol. The average molecular weight is 134 g/mol. The molecule has 1 aromatic rings. The third-order valence-electron chi connectivity index (χ3n) is 1.17. The van der Waals surface area contributed by atoms with Crippen LogP contribution in [0.2, 0.25) is 0 Å². The second kappa shape index (κ2) is 3.11. The Balaban J connectivity index is 2.67. The van der Waals surface area contributed by atoms with Crippen molar-refractivity contribution in [2.45, 2.75) is 13.3 Å². The molecule has 0 amide bonds. The number of pyridine rings is 1. The Hall–Kier alpha value is -1.18. The minimum atomic E-state index is 0.652. The van der Waals surface area contributed by atoms with Crippen molar-refractivity contribution in [3.05, 3.63) is 30.1 Å². The summed E-state index contributed by atoms with van der Waals surface area (Å²) < 4.78 is 0. The average Bonchev–Trinajstić information content (AvgIpc) is 1.88. The van der Waals surface area contributed by atoms with E-state index in [9.17, 15) is 0 Å². The minimum Gasteiger partial charge on any atom is -0.310 e. The highest BCUT2D eigenvalue weighted by atomic mass is 14.7.